The van der Waals surface area contributed by atoms with Crippen LogP contribution in [0.4, 0.5) is 0 Å². The Kier molecular flexibility index (Phi) is 5.03. The van der Waals surface area contributed by atoms with Crippen molar-refractivity contribution in [2.24, 2.45) is 0 Å². The van der Waals surface area contributed by atoms with Gasteiger partial charge in [0, 0.05) is 32.7 Å². The zero-order chi connectivity index (χ0) is 18.8. The van der Waals surface area contributed by atoms with Crippen LogP contribution >= 0.6 is 0 Å². The number of methoxy groups -OCH3 is 1. The van der Waals surface area contributed by atoms with Crippen LogP contribution in [0, 0.1) is 0 Å². The maximum Gasteiger partial charge on any atom is 0.305 e. The van der Waals surface area contributed by atoms with Crippen LogP contribution in [0.3, 0.4) is 0 Å². The number of amides is 3. The summed E-state index contributed by atoms with van der Waals surface area (Å²) in [5, 5.41) is 9.03. The molecule has 0 bridgehead atoms. The van der Waals surface area contributed by atoms with E-state index in [0.29, 0.717) is 24.1 Å². The average Bonchev–Trinajstić information content (AvgIpc) is 3.13. The molecule has 26 heavy (non-hydrogen) atoms. The van der Waals surface area contributed by atoms with Crippen LogP contribution in [0.1, 0.15) is 40.0 Å². The van der Waals surface area contributed by atoms with E-state index in [1.54, 1.807) is 24.3 Å². The van der Waals surface area contributed by atoms with Crippen LogP contribution < -0.4 is 0 Å². The summed E-state index contributed by atoms with van der Waals surface area (Å²) in [5.41, 5.74) is 0.684. The molecule has 1 saturated heterocycles. The molecule has 1 fully saturated rings. The number of aliphatic carboxylic acids is 1. The Hall–Kier alpha value is -2.74. The van der Waals surface area contributed by atoms with Gasteiger partial charge < -0.3 is 14.7 Å². The van der Waals surface area contributed by atoms with E-state index in [2.05, 4.69) is 0 Å². The number of benzene rings is 1. The molecule has 0 aromatic heterocycles. The lowest BCUT2D eigenvalue weighted by Gasteiger charge is -2.24. The molecular formula is C18H20N2O6. The van der Waals surface area contributed by atoms with Crippen LogP contribution in [0.15, 0.2) is 24.3 Å². The number of rotatable bonds is 6. The van der Waals surface area contributed by atoms with E-state index < -0.39 is 23.8 Å². The van der Waals surface area contributed by atoms with E-state index >= 15 is 0 Å². The molecule has 1 N–H and O–H groups in total. The summed E-state index contributed by atoms with van der Waals surface area (Å²) in [6, 6.07) is 6.11. The molecule has 0 spiro atoms. The number of hydrogen-bond acceptors (Lipinski definition) is 5. The van der Waals surface area contributed by atoms with Crippen molar-refractivity contribution >= 4 is 23.7 Å². The fraction of sp³-hybridized carbons (Fsp3) is 0.444. The Morgan fingerprint density at radius 2 is 1.81 bits per heavy atom. The standard InChI is InChI=1S/C18H20N2O6/c1-26-12-8-11(9-16(22)23)20(10-12)15(21)6-7-19-17(24)13-4-2-3-5-14(13)18(19)25/h2-5,11-12H,6-10H2,1H3,(H,22,23). The molecule has 1 aromatic carbocycles. The van der Waals surface area contributed by atoms with E-state index in [4.69, 9.17) is 9.84 Å². The number of carboxylic acids is 1. The molecule has 8 nitrogen and oxygen atoms in total. The van der Waals surface area contributed by atoms with Crippen LogP contribution in [-0.2, 0) is 14.3 Å². The minimum absolute atomic E-state index is 0.0287. The molecule has 2 aliphatic rings. The van der Waals surface area contributed by atoms with E-state index in [-0.39, 0.29) is 31.4 Å². The molecule has 0 radical (unpaired) electrons. The van der Waals surface area contributed by atoms with Crippen LogP contribution in [0.25, 0.3) is 0 Å². The highest BCUT2D eigenvalue weighted by molar-refractivity contribution is 6.21. The number of ether oxygens (including phenoxy) is 1. The molecule has 2 atom stereocenters. The highest BCUT2D eigenvalue weighted by atomic mass is 16.5. The first-order valence-electron chi connectivity index (χ1n) is 8.41. The Balaban J connectivity index is 1.64. The third-order valence-electron chi connectivity index (χ3n) is 4.87. The molecule has 1 aromatic rings. The van der Waals surface area contributed by atoms with Crippen molar-refractivity contribution in [1.82, 2.24) is 9.80 Å². The van der Waals surface area contributed by atoms with Crippen molar-refractivity contribution in [3.05, 3.63) is 35.4 Å². The van der Waals surface area contributed by atoms with Crippen molar-refractivity contribution in [3.63, 3.8) is 0 Å². The maximum atomic E-state index is 12.6. The lowest BCUT2D eigenvalue weighted by Crippen LogP contribution is -2.40. The summed E-state index contributed by atoms with van der Waals surface area (Å²) in [4.78, 5) is 50.8. The highest BCUT2D eigenvalue weighted by Crippen LogP contribution is 2.25. The van der Waals surface area contributed by atoms with Gasteiger partial charge in [0.25, 0.3) is 11.8 Å². The average molecular weight is 360 g/mol. The minimum Gasteiger partial charge on any atom is -0.481 e. The van der Waals surface area contributed by atoms with Gasteiger partial charge in [-0.15, -0.1) is 0 Å². The predicted octanol–water partition coefficient (Wildman–Crippen LogP) is 0.763. The SMILES string of the molecule is COC1CC(CC(=O)O)N(C(=O)CCN2C(=O)c3ccccc3C2=O)C1. The minimum atomic E-state index is -0.982. The first-order chi connectivity index (χ1) is 12.4. The van der Waals surface area contributed by atoms with Crippen LogP contribution in [-0.4, -0.2) is 70.9 Å². The summed E-state index contributed by atoms with van der Waals surface area (Å²) < 4.78 is 5.25. The van der Waals surface area contributed by atoms with Gasteiger partial charge >= 0.3 is 5.97 Å². The molecule has 2 aliphatic heterocycles. The number of nitrogens with zero attached hydrogens (tertiary/aromatic N) is 2. The van der Waals surface area contributed by atoms with Crippen molar-refractivity contribution in [3.8, 4) is 0 Å². The second-order valence-corrected chi connectivity index (χ2v) is 6.45. The third-order valence-corrected chi connectivity index (χ3v) is 4.87. The van der Waals surface area contributed by atoms with Crippen molar-refractivity contribution < 1.29 is 29.0 Å². The summed E-state index contributed by atoms with van der Waals surface area (Å²) in [7, 11) is 1.52. The van der Waals surface area contributed by atoms with Crippen LogP contribution in [0.2, 0.25) is 0 Å². The van der Waals surface area contributed by atoms with E-state index in [9.17, 15) is 19.2 Å². The fourth-order valence-electron chi connectivity index (χ4n) is 3.54. The molecular weight excluding hydrogens is 340 g/mol. The van der Waals surface area contributed by atoms with Gasteiger partial charge in [0.2, 0.25) is 5.91 Å². The molecule has 8 heteroatoms. The Morgan fingerprint density at radius 1 is 1.19 bits per heavy atom. The van der Waals surface area contributed by atoms with Gasteiger partial charge in [-0.25, -0.2) is 0 Å². The number of carbonyl (C=O) groups excluding carboxylic acids is 3. The Bertz CT molecular complexity index is 727. The smallest absolute Gasteiger partial charge is 0.305 e. The first kappa shape index (κ1) is 18.1. The van der Waals surface area contributed by atoms with Gasteiger partial charge in [0.05, 0.1) is 23.7 Å². The van der Waals surface area contributed by atoms with Crippen molar-refractivity contribution in [2.75, 3.05) is 20.2 Å². The zero-order valence-corrected chi connectivity index (χ0v) is 14.4. The molecule has 3 amide bonds. The normalized spacial score (nSPS) is 22.0. The van der Waals surface area contributed by atoms with Crippen molar-refractivity contribution in [2.45, 2.75) is 31.4 Å². The predicted molar refractivity (Wildman–Crippen MR) is 89.6 cm³/mol. The topological polar surface area (TPSA) is 104 Å². The van der Waals surface area contributed by atoms with Gasteiger partial charge in [-0.2, -0.15) is 0 Å². The Labute approximate surface area is 150 Å². The van der Waals surface area contributed by atoms with Gasteiger partial charge in [-0.1, -0.05) is 12.1 Å². The number of likely N-dealkylation sites (tertiary alicyclic amines) is 1. The summed E-state index contributed by atoms with van der Waals surface area (Å²) in [5.74, 6) is -2.08. The van der Waals surface area contributed by atoms with Crippen LogP contribution in [0.5, 0.6) is 0 Å². The van der Waals surface area contributed by atoms with Gasteiger partial charge in [0.1, 0.15) is 0 Å². The van der Waals surface area contributed by atoms with Gasteiger partial charge in [0.15, 0.2) is 0 Å². The Morgan fingerprint density at radius 3 is 2.35 bits per heavy atom. The number of hydrogen-bond donors (Lipinski definition) is 1. The molecule has 0 aliphatic carbocycles. The monoisotopic (exact) mass is 360 g/mol. The molecule has 2 heterocycles. The second kappa shape index (κ2) is 7.25. The van der Waals surface area contributed by atoms with E-state index in [0.717, 1.165) is 4.90 Å². The maximum absolute atomic E-state index is 12.6. The van der Waals surface area contributed by atoms with Gasteiger partial charge in [-0.05, 0) is 18.6 Å². The van der Waals surface area contributed by atoms with Gasteiger partial charge in [-0.3, -0.25) is 24.1 Å². The van der Waals surface area contributed by atoms with E-state index in [1.165, 1.54) is 12.0 Å². The summed E-state index contributed by atoms with van der Waals surface area (Å²) in [6.45, 7) is 0.286. The molecule has 3 rings (SSSR count). The zero-order valence-electron chi connectivity index (χ0n) is 14.4. The fourth-order valence-corrected chi connectivity index (χ4v) is 3.54. The molecule has 2 unspecified atom stereocenters. The summed E-state index contributed by atoms with van der Waals surface area (Å²) in [6.07, 6.45) is 0.0562. The third kappa shape index (κ3) is 3.32. The first-order valence-corrected chi connectivity index (χ1v) is 8.41. The quantitative estimate of drug-likeness (QED) is 0.751. The number of carbonyl (C=O) groups is 4. The van der Waals surface area contributed by atoms with Crippen molar-refractivity contribution in [1.29, 1.82) is 0 Å². The number of carboxylic acid groups (broad SMARTS) is 1. The molecule has 0 saturated carbocycles. The lowest BCUT2D eigenvalue weighted by atomic mass is 10.1. The summed E-state index contributed by atoms with van der Waals surface area (Å²) >= 11 is 0. The lowest BCUT2D eigenvalue weighted by molar-refractivity contribution is -0.139. The number of fused-ring (bicyclic) bond motifs is 1. The largest absolute Gasteiger partial charge is 0.481 e. The number of imide groups is 1. The molecule has 138 valence electrons. The highest BCUT2D eigenvalue weighted by Gasteiger charge is 2.38. The second-order valence-electron chi connectivity index (χ2n) is 6.45. The van der Waals surface area contributed by atoms with E-state index in [1.807, 2.05) is 0 Å².